The van der Waals surface area contributed by atoms with Crippen LogP contribution >= 0.6 is 34.7 Å². The van der Waals surface area contributed by atoms with Crippen LogP contribution < -0.4 is 20.7 Å². The summed E-state index contributed by atoms with van der Waals surface area (Å²) in [6.07, 6.45) is 1.66. The van der Waals surface area contributed by atoms with E-state index in [4.69, 9.17) is 22.1 Å². The van der Waals surface area contributed by atoms with Gasteiger partial charge >= 0.3 is 0 Å². The molecule has 12 heteroatoms. The molecule has 0 fully saturated rings. The van der Waals surface area contributed by atoms with Gasteiger partial charge in [-0.15, -0.1) is 10.2 Å². The van der Waals surface area contributed by atoms with Crippen LogP contribution in [0.15, 0.2) is 75.5 Å². The van der Waals surface area contributed by atoms with Crippen LogP contribution in [0.1, 0.15) is 30.7 Å². The summed E-state index contributed by atoms with van der Waals surface area (Å²) in [5.41, 5.74) is 9.50. The summed E-state index contributed by atoms with van der Waals surface area (Å²) < 4.78 is 5.69. The van der Waals surface area contributed by atoms with Crippen LogP contribution in [0.2, 0.25) is 5.02 Å². The number of hydrogen-bond acceptors (Lipinski definition) is 10. The molecule has 1 aliphatic carbocycles. The van der Waals surface area contributed by atoms with Crippen molar-refractivity contribution in [2.75, 3.05) is 23.1 Å². The number of ether oxygens (including phenoxy) is 1. The molecular weight excluding hydrogens is 556 g/mol. The molecule has 9 nitrogen and oxygen atoms in total. The molecular formula is C27H23ClN6O3S2. The molecule has 3 N–H and O–H groups in total. The number of rotatable bonds is 7. The van der Waals surface area contributed by atoms with Gasteiger partial charge in [0.05, 0.1) is 30.4 Å². The van der Waals surface area contributed by atoms with Gasteiger partial charge in [-0.05, 0) is 54.8 Å². The van der Waals surface area contributed by atoms with Gasteiger partial charge in [-0.3, -0.25) is 14.5 Å². The van der Waals surface area contributed by atoms with Crippen LogP contribution in [0.4, 0.5) is 10.8 Å². The minimum absolute atomic E-state index is 0.0270. The minimum atomic E-state index is -0.601. The van der Waals surface area contributed by atoms with E-state index >= 15 is 0 Å². The average molecular weight is 579 g/mol. The van der Waals surface area contributed by atoms with Gasteiger partial charge in [0.2, 0.25) is 11.0 Å². The molecule has 0 bridgehead atoms. The fourth-order valence-corrected chi connectivity index (χ4v) is 6.55. The number of benzene rings is 2. The van der Waals surface area contributed by atoms with Crippen molar-refractivity contribution >= 4 is 57.2 Å². The number of carbonyl (C=O) groups excluding carboxylic acids is 2. The molecule has 2 aromatic carbocycles. The maximum atomic E-state index is 13.2. The van der Waals surface area contributed by atoms with Crippen molar-refractivity contribution < 1.29 is 14.3 Å². The first kappa shape index (κ1) is 26.7. The second-order valence-electron chi connectivity index (χ2n) is 8.79. The summed E-state index contributed by atoms with van der Waals surface area (Å²) in [5.74, 6) is 0.209. The molecule has 1 unspecified atom stereocenters. The maximum Gasteiger partial charge on any atom is 0.234 e. The lowest BCUT2D eigenvalue weighted by Crippen LogP contribution is -2.38. The quantitative estimate of drug-likeness (QED) is 0.361. The number of methoxy groups -OCH3 is 1. The van der Waals surface area contributed by atoms with Gasteiger partial charge in [-0.2, -0.15) is 5.26 Å². The predicted octanol–water partition coefficient (Wildman–Crippen LogP) is 5.24. The van der Waals surface area contributed by atoms with Crippen LogP contribution in [0.25, 0.3) is 0 Å². The van der Waals surface area contributed by atoms with Crippen molar-refractivity contribution in [2.24, 2.45) is 5.73 Å². The Kier molecular flexibility index (Phi) is 7.88. The summed E-state index contributed by atoms with van der Waals surface area (Å²) in [7, 11) is 1.58. The molecule has 2 aliphatic rings. The number of allylic oxidation sites excluding steroid dienone is 3. The van der Waals surface area contributed by atoms with E-state index < -0.39 is 5.92 Å². The normalized spacial score (nSPS) is 17.1. The van der Waals surface area contributed by atoms with Crippen molar-refractivity contribution in [3.8, 4) is 11.8 Å². The summed E-state index contributed by atoms with van der Waals surface area (Å²) in [5, 5.41) is 22.5. The van der Waals surface area contributed by atoms with Gasteiger partial charge in [-0.1, -0.05) is 46.8 Å². The second kappa shape index (κ2) is 11.5. The molecule has 1 amide bonds. The van der Waals surface area contributed by atoms with E-state index in [0.29, 0.717) is 50.8 Å². The Bertz CT molecular complexity index is 1540. The number of aromatic nitrogens is 2. The number of thioether (sulfide) groups is 1. The molecule has 1 aliphatic heterocycles. The van der Waals surface area contributed by atoms with Crippen LogP contribution in [0.3, 0.4) is 0 Å². The van der Waals surface area contributed by atoms with E-state index in [1.165, 1.54) is 23.1 Å². The number of hydrogen-bond donors (Lipinski definition) is 2. The molecule has 198 valence electrons. The largest absolute Gasteiger partial charge is 0.497 e. The van der Waals surface area contributed by atoms with Gasteiger partial charge in [0.25, 0.3) is 0 Å². The first-order chi connectivity index (χ1) is 18.9. The smallest absolute Gasteiger partial charge is 0.234 e. The second-order valence-corrected chi connectivity index (χ2v) is 11.4. The average Bonchev–Trinajstić information content (AvgIpc) is 3.40. The van der Waals surface area contributed by atoms with Crippen molar-refractivity contribution in [1.29, 1.82) is 5.26 Å². The van der Waals surface area contributed by atoms with Crippen molar-refractivity contribution in [3.05, 3.63) is 81.8 Å². The van der Waals surface area contributed by atoms with E-state index in [-0.39, 0.29) is 28.8 Å². The molecule has 0 spiro atoms. The molecule has 0 saturated carbocycles. The van der Waals surface area contributed by atoms with Crippen LogP contribution in [-0.2, 0) is 9.59 Å². The number of nitrogens with one attached hydrogen (secondary N) is 1. The summed E-state index contributed by atoms with van der Waals surface area (Å²) in [6.45, 7) is 0. The fourth-order valence-electron chi connectivity index (χ4n) is 4.67. The minimum Gasteiger partial charge on any atom is -0.497 e. The number of carbonyl (C=O) groups is 2. The molecule has 0 saturated heterocycles. The standard InChI is InChI=1S/C27H23ClN6O3S2/c1-37-18-10-8-17(9-11-18)31-22(36)14-38-27-33-32-26(39-27)34-20-6-3-7-21(35)24(20)23(19(13-29)25(34)30)15-4-2-5-16(28)12-15/h2,4-5,8-12,23H,3,6-7,14,30H2,1H3,(H,31,36). The first-order valence-electron chi connectivity index (χ1n) is 12.0. The van der Waals surface area contributed by atoms with Gasteiger partial charge in [-0.25, -0.2) is 0 Å². The molecule has 3 aromatic rings. The van der Waals surface area contributed by atoms with Crippen molar-refractivity contribution in [3.63, 3.8) is 0 Å². The van der Waals surface area contributed by atoms with Gasteiger partial charge in [0.15, 0.2) is 10.1 Å². The highest BCUT2D eigenvalue weighted by Gasteiger charge is 2.41. The zero-order valence-electron chi connectivity index (χ0n) is 20.8. The third-order valence-corrected chi connectivity index (χ3v) is 8.66. The lowest BCUT2D eigenvalue weighted by Gasteiger charge is -2.38. The number of ketones is 1. The Balaban J connectivity index is 1.39. The number of Topliss-reactive ketones (excluding diaryl/α,β-unsaturated/α-hetero) is 1. The maximum absolute atomic E-state index is 13.2. The molecule has 1 aromatic heterocycles. The number of nitriles is 1. The highest BCUT2D eigenvalue weighted by molar-refractivity contribution is 8.01. The third-order valence-electron chi connectivity index (χ3n) is 6.38. The Morgan fingerprint density at radius 3 is 2.79 bits per heavy atom. The van der Waals surface area contributed by atoms with E-state index in [9.17, 15) is 14.9 Å². The van der Waals surface area contributed by atoms with Gasteiger partial charge < -0.3 is 15.8 Å². The van der Waals surface area contributed by atoms with Crippen LogP contribution in [-0.4, -0.2) is 34.8 Å². The monoisotopic (exact) mass is 578 g/mol. The molecule has 0 radical (unpaired) electrons. The van der Waals surface area contributed by atoms with Crippen molar-refractivity contribution in [1.82, 2.24) is 10.2 Å². The lowest BCUT2D eigenvalue weighted by atomic mass is 9.76. The topological polar surface area (TPSA) is 134 Å². The molecule has 5 rings (SSSR count). The van der Waals surface area contributed by atoms with E-state index in [1.807, 2.05) is 6.07 Å². The Morgan fingerprint density at radius 2 is 2.08 bits per heavy atom. The number of nitrogens with two attached hydrogens (primary N) is 1. The van der Waals surface area contributed by atoms with E-state index in [0.717, 1.165) is 11.3 Å². The Labute approximate surface area is 238 Å². The van der Waals surface area contributed by atoms with E-state index in [2.05, 4.69) is 21.6 Å². The first-order valence-corrected chi connectivity index (χ1v) is 14.2. The lowest BCUT2D eigenvalue weighted by molar-refractivity contribution is -0.116. The SMILES string of the molecule is COc1ccc(NC(=O)CSc2nnc(N3C(N)=C(C#N)C(c4cccc(Cl)c4)C4=C3CCCC4=O)s2)cc1. The fraction of sp³-hybridized carbons (Fsp3) is 0.222. The highest BCUT2D eigenvalue weighted by Crippen LogP contribution is 2.47. The molecule has 1 atom stereocenters. The van der Waals surface area contributed by atoms with Crippen LogP contribution in [0.5, 0.6) is 5.75 Å². The Hall–Kier alpha value is -3.85. The number of nitrogens with zero attached hydrogens (tertiary/aromatic N) is 4. The van der Waals surface area contributed by atoms with Crippen molar-refractivity contribution in [2.45, 2.75) is 29.5 Å². The number of halogens is 1. The zero-order chi connectivity index (χ0) is 27.5. The van der Waals surface area contributed by atoms with E-state index in [1.54, 1.807) is 54.5 Å². The summed E-state index contributed by atoms with van der Waals surface area (Å²) in [4.78, 5) is 27.4. The predicted molar refractivity (Wildman–Crippen MR) is 152 cm³/mol. The highest BCUT2D eigenvalue weighted by atomic mass is 35.5. The van der Waals surface area contributed by atoms with Gasteiger partial charge in [0, 0.05) is 28.4 Å². The molecule has 39 heavy (non-hydrogen) atoms. The third kappa shape index (κ3) is 5.49. The number of anilines is 2. The summed E-state index contributed by atoms with van der Waals surface area (Å²) >= 11 is 8.73. The number of amides is 1. The Morgan fingerprint density at radius 1 is 1.28 bits per heavy atom. The van der Waals surface area contributed by atoms with Gasteiger partial charge in [0.1, 0.15) is 11.6 Å². The zero-order valence-corrected chi connectivity index (χ0v) is 23.2. The molecule has 2 heterocycles. The van der Waals surface area contributed by atoms with Crippen LogP contribution in [0, 0.1) is 11.3 Å². The summed E-state index contributed by atoms with van der Waals surface area (Å²) in [6, 6.07) is 16.4.